The van der Waals surface area contributed by atoms with Gasteiger partial charge in [-0.25, -0.2) is 9.59 Å². The number of carbonyl (C=O) groups excluding carboxylic acids is 1. The highest BCUT2D eigenvalue weighted by molar-refractivity contribution is 5.86. The smallest absolute Gasteiger partial charge is 0.329 e. The maximum atomic E-state index is 12.5. The fourth-order valence-electron chi connectivity index (χ4n) is 3.84. The van der Waals surface area contributed by atoms with E-state index < -0.39 is 11.5 Å². The number of carbonyl (C=O) groups is 2. The first-order chi connectivity index (χ1) is 9.94. The van der Waals surface area contributed by atoms with E-state index in [2.05, 4.69) is 12.2 Å². The number of carboxylic acid groups (broad SMARTS) is 1. The Morgan fingerprint density at radius 2 is 1.81 bits per heavy atom. The minimum absolute atomic E-state index is 0.224. The maximum Gasteiger partial charge on any atom is 0.329 e. The number of carboxylic acids is 1. The van der Waals surface area contributed by atoms with Gasteiger partial charge in [-0.2, -0.15) is 0 Å². The summed E-state index contributed by atoms with van der Waals surface area (Å²) in [6.07, 6.45) is 8.59. The Balaban J connectivity index is 2.02. The molecule has 0 heterocycles. The van der Waals surface area contributed by atoms with Crippen LogP contribution in [-0.2, 0) is 4.79 Å². The number of hydrogen-bond acceptors (Lipinski definition) is 2. The molecule has 0 bridgehead atoms. The SMILES string of the molecule is CC1CCCC(NC(=O)N(C)C2CCCCC2)(C(=O)O)C1. The zero-order chi connectivity index (χ0) is 15.5. The van der Waals surface area contributed by atoms with Gasteiger partial charge in [-0.3, -0.25) is 0 Å². The molecule has 0 aromatic heterocycles. The molecule has 5 heteroatoms. The van der Waals surface area contributed by atoms with Crippen LogP contribution in [0, 0.1) is 5.92 Å². The average molecular weight is 296 g/mol. The molecule has 0 aromatic carbocycles. The highest BCUT2D eigenvalue weighted by Crippen LogP contribution is 2.33. The minimum atomic E-state index is -1.07. The van der Waals surface area contributed by atoms with Gasteiger partial charge < -0.3 is 15.3 Å². The molecule has 2 unspecified atom stereocenters. The summed E-state index contributed by atoms with van der Waals surface area (Å²) in [6, 6.07) is 0.0315. The molecule has 21 heavy (non-hydrogen) atoms. The first-order valence-electron chi connectivity index (χ1n) is 8.23. The zero-order valence-corrected chi connectivity index (χ0v) is 13.2. The Bertz CT molecular complexity index is 393. The van der Waals surface area contributed by atoms with Crippen LogP contribution in [-0.4, -0.2) is 40.6 Å². The van der Waals surface area contributed by atoms with Crippen LogP contribution in [0.4, 0.5) is 4.79 Å². The second kappa shape index (κ2) is 6.67. The van der Waals surface area contributed by atoms with Crippen molar-refractivity contribution < 1.29 is 14.7 Å². The second-order valence-corrected chi connectivity index (χ2v) is 6.92. The van der Waals surface area contributed by atoms with Gasteiger partial charge in [0, 0.05) is 13.1 Å². The summed E-state index contributed by atoms with van der Waals surface area (Å²) in [5.41, 5.74) is -1.07. The number of nitrogens with zero attached hydrogens (tertiary/aromatic N) is 1. The number of nitrogens with one attached hydrogen (secondary N) is 1. The quantitative estimate of drug-likeness (QED) is 0.841. The summed E-state index contributed by atoms with van der Waals surface area (Å²) >= 11 is 0. The highest BCUT2D eigenvalue weighted by atomic mass is 16.4. The monoisotopic (exact) mass is 296 g/mol. The van der Waals surface area contributed by atoms with Crippen molar-refractivity contribution in [1.29, 1.82) is 0 Å². The summed E-state index contributed by atoms with van der Waals surface area (Å²) < 4.78 is 0. The summed E-state index contributed by atoms with van der Waals surface area (Å²) in [4.78, 5) is 25.9. The van der Waals surface area contributed by atoms with Crippen LogP contribution >= 0.6 is 0 Å². The molecule has 0 radical (unpaired) electrons. The first kappa shape index (κ1) is 16.1. The summed E-state index contributed by atoms with van der Waals surface area (Å²) in [7, 11) is 1.80. The molecular weight excluding hydrogens is 268 g/mol. The van der Waals surface area contributed by atoms with E-state index >= 15 is 0 Å². The minimum Gasteiger partial charge on any atom is -0.480 e. The standard InChI is InChI=1S/C16H28N2O3/c1-12-7-6-10-16(11-12,14(19)20)17-15(21)18(2)13-8-4-3-5-9-13/h12-13H,3-11H2,1-2H3,(H,17,21)(H,19,20). The molecule has 2 aliphatic rings. The third kappa shape index (κ3) is 3.69. The lowest BCUT2D eigenvalue weighted by Gasteiger charge is -2.39. The normalized spacial score (nSPS) is 30.7. The van der Waals surface area contributed by atoms with Gasteiger partial charge in [0.1, 0.15) is 5.54 Å². The molecule has 0 saturated heterocycles. The Morgan fingerprint density at radius 1 is 1.14 bits per heavy atom. The third-order valence-electron chi connectivity index (χ3n) is 5.20. The van der Waals surface area contributed by atoms with Crippen molar-refractivity contribution in [2.24, 2.45) is 5.92 Å². The zero-order valence-electron chi connectivity index (χ0n) is 13.2. The van der Waals surface area contributed by atoms with E-state index in [9.17, 15) is 14.7 Å². The van der Waals surface area contributed by atoms with Crippen molar-refractivity contribution in [3.63, 3.8) is 0 Å². The van der Waals surface area contributed by atoms with Crippen molar-refractivity contribution in [3.05, 3.63) is 0 Å². The first-order valence-corrected chi connectivity index (χ1v) is 8.23. The topological polar surface area (TPSA) is 69.6 Å². The van der Waals surface area contributed by atoms with Gasteiger partial charge in [0.05, 0.1) is 0 Å². The van der Waals surface area contributed by atoms with Gasteiger partial charge >= 0.3 is 12.0 Å². The molecule has 0 spiro atoms. The molecule has 2 amide bonds. The van der Waals surface area contributed by atoms with Gasteiger partial charge in [0.25, 0.3) is 0 Å². The number of rotatable bonds is 3. The van der Waals surface area contributed by atoms with Crippen LogP contribution in [0.25, 0.3) is 0 Å². The van der Waals surface area contributed by atoms with Crippen LogP contribution < -0.4 is 5.32 Å². The molecule has 2 atom stereocenters. The fraction of sp³-hybridized carbons (Fsp3) is 0.875. The van der Waals surface area contributed by atoms with Gasteiger partial charge in [-0.15, -0.1) is 0 Å². The van der Waals surface area contributed by atoms with Gasteiger partial charge in [0.2, 0.25) is 0 Å². The Kier molecular flexibility index (Phi) is 5.12. The molecule has 5 nitrogen and oxygen atoms in total. The lowest BCUT2D eigenvalue weighted by Crippen LogP contribution is -2.60. The van der Waals surface area contributed by atoms with E-state index in [1.807, 2.05) is 0 Å². The molecule has 2 aliphatic carbocycles. The Hall–Kier alpha value is -1.26. The fourth-order valence-corrected chi connectivity index (χ4v) is 3.84. The molecule has 0 aliphatic heterocycles. The van der Waals surface area contributed by atoms with Crippen molar-refractivity contribution in [1.82, 2.24) is 10.2 Å². The van der Waals surface area contributed by atoms with Gasteiger partial charge in [-0.05, 0) is 31.6 Å². The average Bonchev–Trinajstić information content (AvgIpc) is 2.47. The van der Waals surface area contributed by atoms with E-state index in [0.29, 0.717) is 18.8 Å². The van der Waals surface area contributed by atoms with Crippen molar-refractivity contribution in [2.75, 3.05) is 7.05 Å². The Labute approximate surface area is 127 Å². The summed E-state index contributed by atoms with van der Waals surface area (Å²) in [5.74, 6) is -0.547. The third-order valence-corrected chi connectivity index (χ3v) is 5.20. The second-order valence-electron chi connectivity index (χ2n) is 6.92. The van der Waals surface area contributed by atoms with Crippen LogP contribution in [0.3, 0.4) is 0 Å². The van der Waals surface area contributed by atoms with Gasteiger partial charge in [-0.1, -0.05) is 39.0 Å². The van der Waals surface area contributed by atoms with Crippen molar-refractivity contribution in [2.45, 2.75) is 76.3 Å². The highest BCUT2D eigenvalue weighted by Gasteiger charge is 2.44. The lowest BCUT2D eigenvalue weighted by molar-refractivity contribution is -0.146. The van der Waals surface area contributed by atoms with E-state index in [0.717, 1.165) is 38.5 Å². The number of aliphatic carboxylic acids is 1. The van der Waals surface area contributed by atoms with E-state index in [1.54, 1.807) is 11.9 Å². The maximum absolute atomic E-state index is 12.5. The number of hydrogen-bond donors (Lipinski definition) is 2. The number of amides is 2. The Morgan fingerprint density at radius 3 is 2.38 bits per heavy atom. The van der Waals surface area contributed by atoms with Crippen LogP contribution in [0.1, 0.15) is 64.7 Å². The van der Waals surface area contributed by atoms with Gasteiger partial charge in [0.15, 0.2) is 0 Å². The van der Waals surface area contributed by atoms with Crippen LogP contribution in [0.15, 0.2) is 0 Å². The predicted molar refractivity (Wildman–Crippen MR) is 81.2 cm³/mol. The molecule has 2 N–H and O–H groups in total. The molecule has 0 aromatic rings. The van der Waals surface area contributed by atoms with Crippen LogP contribution in [0.5, 0.6) is 0 Å². The molecule has 2 fully saturated rings. The molecule has 2 rings (SSSR count). The van der Waals surface area contributed by atoms with E-state index in [-0.39, 0.29) is 12.1 Å². The van der Waals surface area contributed by atoms with E-state index in [4.69, 9.17) is 0 Å². The lowest BCUT2D eigenvalue weighted by atomic mass is 9.76. The van der Waals surface area contributed by atoms with Crippen molar-refractivity contribution in [3.8, 4) is 0 Å². The predicted octanol–water partition coefficient (Wildman–Crippen LogP) is 2.99. The molecule has 120 valence electrons. The van der Waals surface area contributed by atoms with E-state index in [1.165, 1.54) is 6.42 Å². The van der Waals surface area contributed by atoms with Crippen LogP contribution in [0.2, 0.25) is 0 Å². The molecular formula is C16H28N2O3. The molecule has 2 saturated carbocycles. The summed E-state index contributed by atoms with van der Waals surface area (Å²) in [5, 5.41) is 12.5. The summed E-state index contributed by atoms with van der Waals surface area (Å²) in [6.45, 7) is 2.06. The number of urea groups is 1. The van der Waals surface area contributed by atoms with Crippen molar-refractivity contribution >= 4 is 12.0 Å². The largest absolute Gasteiger partial charge is 0.480 e.